The number of alkyl carbamates (subject to hydrolysis) is 1. The van der Waals surface area contributed by atoms with Gasteiger partial charge in [-0.25, -0.2) is 13.2 Å². The lowest BCUT2D eigenvalue weighted by Crippen LogP contribution is -2.37. The molecule has 124 valence electrons. The molecule has 0 aliphatic heterocycles. The van der Waals surface area contributed by atoms with Crippen LogP contribution >= 0.6 is 11.3 Å². The van der Waals surface area contributed by atoms with E-state index in [1.165, 1.54) is 23.5 Å². The second-order valence-electron chi connectivity index (χ2n) is 5.90. The first-order valence-electron chi connectivity index (χ1n) is 7.02. The van der Waals surface area contributed by atoms with Crippen molar-refractivity contribution < 1.29 is 17.9 Å². The molecule has 0 aliphatic rings. The number of hydrogen-bond acceptors (Lipinski definition) is 5. The van der Waals surface area contributed by atoms with Gasteiger partial charge in [-0.1, -0.05) is 24.3 Å². The van der Waals surface area contributed by atoms with Crippen LogP contribution in [-0.2, 0) is 14.6 Å². The third kappa shape index (κ3) is 4.56. The Hall–Kier alpha value is -1.86. The van der Waals surface area contributed by atoms with E-state index in [1.807, 2.05) is 0 Å². The third-order valence-electron chi connectivity index (χ3n) is 2.83. The van der Waals surface area contributed by atoms with Crippen molar-refractivity contribution in [3.05, 3.63) is 52.7 Å². The minimum Gasteiger partial charge on any atom is -0.444 e. The molecule has 0 saturated heterocycles. The van der Waals surface area contributed by atoms with Gasteiger partial charge in [-0.2, -0.15) is 0 Å². The average molecular weight is 353 g/mol. The zero-order valence-corrected chi connectivity index (χ0v) is 14.8. The van der Waals surface area contributed by atoms with Gasteiger partial charge in [0.15, 0.2) is 5.37 Å². The average Bonchev–Trinajstić information content (AvgIpc) is 2.97. The van der Waals surface area contributed by atoms with Gasteiger partial charge in [0.1, 0.15) is 5.60 Å². The summed E-state index contributed by atoms with van der Waals surface area (Å²) in [6.07, 6.45) is -0.768. The highest BCUT2D eigenvalue weighted by atomic mass is 32.2. The molecule has 0 bridgehead atoms. The first-order chi connectivity index (χ1) is 10.7. The van der Waals surface area contributed by atoms with Gasteiger partial charge < -0.3 is 4.74 Å². The molecule has 0 fully saturated rings. The van der Waals surface area contributed by atoms with Gasteiger partial charge >= 0.3 is 6.09 Å². The molecular formula is C16H19NO4S2. The van der Waals surface area contributed by atoms with Gasteiger partial charge in [-0.3, -0.25) is 5.32 Å². The van der Waals surface area contributed by atoms with Crippen LogP contribution in [0.5, 0.6) is 0 Å². The summed E-state index contributed by atoms with van der Waals surface area (Å²) in [4.78, 5) is 12.7. The quantitative estimate of drug-likeness (QED) is 0.909. The van der Waals surface area contributed by atoms with E-state index in [-0.39, 0.29) is 4.90 Å². The fourth-order valence-electron chi connectivity index (χ4n) is 1.90. The Morgan fingerprint density at radius 1 is 1.13 bits per heavy atom. The minimum absolute atomic E-state index is 0.148. The van der Waals surface area contributed by atoms with Crippen LogP contribution in [0.3, 0.4) is 0 Å². The lowest BCUT2D eigenvalue weighted by atomic mass is 10.2. The molecule has 0 aliphatic carbocycles. The van der Waals surface area contributed by atoms with Gasteiger partial charge in [0, 0.05) is 4.88 Å². The number of amides is 1. The zero-order valence-electron chi connectivity index (χ0n) is 13.1. The highest BCUT2D eigenvalue weighted by Crippen LogP contribution is 2.30. The van der Waals surface area contributed by atoms with E-state index in [1.54, 1.807) is 56.5 Å². The third-order valence-corrected chi connectivity index (χ3v) is 5.84. The summed E-state index contributed by atoms with van der Waals surface area (Å²) >= 11 is 1.26. The Bertz CT molecular complexity index is 747. The Balaban J connectivity index is 2.35. The summed E-state index contributed by atoms with van der Waals surface area (Å²) < 4.78 is 30.9. The van der Waals surface area contributed by atoms with Crippen LogP contribution in [0.1, 0.15) is 31.0 Å². The molecule has 23 heavy (non-hydrogen) atoms. The van der Waals surface area contributed by atoms with Crippen molar-refractivity contribution in [2.24, 2.45) is 0 Å². The van der Waals surface area contributed by atoms with Crippen LogP contribution in [0.4, 0.5) is 4.79 Å². The molecule has 1 atom stereocenters. The number of carbonyl (C=O) groups excluding carboxylic acids is 1. The minimum atomic E-state index is -3.78. The molecule has 1 aromatic heterocycles. The second-order valence-corrected chi connectivity index (χ2v) is 8.91. The van der Waals surface area contributed by atoms with Crippen molar-refractivity contribution in [2.75, 3.05) is 0 Å². The topological polar surface area (TPSA) is 72.5 Å². The van der Waals surface area contributed by atoms with Crippen LogP contribution in [0.2, 0.25) is 0 Å². The Kier molecular flexibility index (Phi) is 5.11. The van der Waals surface area contributed by atoms with E-state index in [9.17, 15) is 13.2 Å². The second kappa shape index (κ2) is 6.72. The van der Waals surface area contributed by atoms with Crippen LogP contribution < -0.4 is 5.32 Å². The fourth-order valence-corrected chi connectivity index (χ4v) is 4.55. The van der Waals surface area contributed by atoms with Gasteiger partial charge in [-0.05, 0) is 44.4 Å². The molecule has 0 spiro atoms. The van der Waals surface area contributed by atoms with Gasteiger partial charge in [-0.15, -0.1) is 11.3 Å². The summed E-state index contributed by atoms with van der Waals surface area (Å²) in [7, 11) is -3.78. The van der Waals surface area contributed by atoms with E-state index >= 15 is 0 Å². The van der Waals surface area contributed by atoms with Gasteiger partial charge in [0.05, 0.1) is 4.90 Å². The lowest BCUT2D eigenvalue weighted by Gasteiger charge is -2.23. The molecule has 0 radical (unpaired) electrons. The van der Waals surface area contributed by atoms with Crippen molar-refractivity contribution >= 4 is 27.3 Å². The van der Waals surface area contributed by atoms with E-state index in [2.05, 4.69) is 5.32 Å². The summed E-state index contributed by atoms with van der Waals surface area (Å²) in [5, 5.41) is 3.06. The smallest absolute Gasteiger partial charge is 0.408 e. The molecule has 5 nitrogen and oxygen atoms in total. The van der Waals surface area contributed by atoms with Crippen molar-refractivity contribution in [1.82, 2.24) is 5.32 Å². The lowest BCUT2D eigenvalue weighted by molar-refractivity contribution is 0.0520. The molecule has 1 aromatic carbocycles. The molecule has 2 rings (SSSR count). The Labute approximate surface area is 140 Å². The summed E-state index contributed by atoms with van der Waals surface area (Å²) in [5.41, 5.74) is -0.708. The predicted octanol–water partition coefficient (Wildman–Crippen LogP) is 3.75. The van der Waals surface area contributed by atoms with Crippen LogP contribution in [-0.4, -0.2) is 20.1 Å². The first kappa shape index (κ1) is 17.5. The first-order valence-corrected chi connectivity index (χ1v) is 9.44. The van der Waals surface area contributed by atoms with Crippen molar-refractivity contribution in [1.29, 1.82) is 0 Å². The van der Waals surface area contributed by atoms with Crippen LogP contribution in [0, 0.1) is 0 Å². The van der Waals surface area contributed by atoms with Crippen LogP contribution in [0.15, 0.2) is 52.7 Å². The number of carbonyl (C=O) groups is 1. The number of sulfone groups is 1. The highest BCUT2D eigenvalue weighted by molar-refractivity contribution is 7.91. The SMILES string of the molecule is CC(C)(C)OC(=O)N[C@H](c1cccs1)S(=O)(=O)c1ccccc1. The molecule has 0 saturated carbocycles. The van der Waals surface area contributed by atoms with E-state index in [0.29, 0.717) is 4.88 Å². The Morgan fingerprint density at radius 3 is 2.30 bits per heavy atom. The molecule has 1 N–H and O–H groups in total. The van der Waals surface area contributed by atoms with Crippen molar-refractivity contribution in [3.8, 4) is 0 Å². The summed E-state index contributed by atoms with van der Waals surface area (Å²) in [5.74, 6) is 0. The maximum atomic E-state index is 12.9. The number of benzene rings is 1. The van der Waals surface area contributed by atoms with E-state index in [0.717, 1.165) is 0 Å². The monoisotopic (exact) mass is 353 g/mol. The standard InChI is InChI=1S/C16H19NO4S2/c1-16(2,3)21-15(18)17-14(13-10-7-11-22-13)23(19,20)12-8-5-4-6-9-12/h4-11,14H,1-3H3,(H,17,18)/t14-/m0/s1. The number of thiophene rings is 1. The number of rotatable bonds is 4. The summed E-state index contributed by atoms with van der Waals surface area (Å²) in [6.45, 7) is 5.16. The maximum absolute atomic E-state index is 12.9. The van der Waals surface area contributed by atoms with E-state index in [4.69, 9.17) is 4.74 Å². The maximum Gasteiger partial charge on any atom is 0.408 e. The fraction of sp³-hybridized carbons (Fsp3) is 0.312. The zero-order chi connectivity index (χ0) is 17.1. The number of nitrogens with one attached hydrogen (secondary N) is 1. The normalized spacial score (nSPS) is 13.3. The largest absolute Gasteiger partial charge is 0.444 e. The molecular weight excluding hydrogens is 334 g/mol. The van der Waals surface area contributed by atoms with Gasteiger partial charge in [0.25, 0.3) is 0 Å². The molecule has 7 heteroatoms. The van der Waals surface area contributed by atoms with Crippen molar-refractivity contribution in [2.45, 2.75) is 36.6 Å². The number of ether oxygens (including phenoxy) is 1. The molecule has 1 amide bonds. The predicted molar refractivity (Wildman–Crippen MR) is 90.1 cm³/mol. The molecule has 0 unspecified atom stereocenters. The Morgan fingerprint density at radius 2 is 1.78 bits per heavy atom. The highest BCUT2D eigenvalue weighted by Gasteiger charge is 2.32. The molecule has 1 heterocycles. The summed E-state index contributed by atoms with van der Waals surface area (Å²) in [6, 6.07) is 11.5. The number of hydrogen-bond donors (Lipinski definition) is 1. The molecule has 2 aromatic rings. The van der Waals surface area contributed by atoms with Crippen LogP contribution in [0.25, 0.3) is 0 Å². The van der Waals surface area contributed by atoms with Crippen molar-refractivity contribution in [3.63, 3.8) is 0 Å². The van der Waals surface area contributed by atoms with Gasteiger partial charge in [0.2, 0.25) is 9.84 Å². The van der Waals surface area contributed by atoms with E-state index < -0.39 is 26.9 Å².